The molecule has 0 radical (unpaired) electrons. The lowest BCUT2D eigenvalue weighted by Gasteiger charge is -2.07. The fourth-order valence-corrected chi connectivity index (χ4v) is 2.43. The number of carbonyl (C=O) groups excluding carboxylic acids is 1. The topological polar surface area (TPSA) is 66.9 Å². The molecule has 0 unspecified atom stereocenters. The van der Waals surface area contributed by atoms with Gasteiger partial charge in [0.2, 0.25) is 5.95 Å². The Kier molecular flexibility index (Phi) is 5.88. The van der Waals surface area contributed by atoms with Gasteiger partial charge in [0, 0.05) is 18.9 Å². The normalized spacial score (nSPS) is 10.3. The summed E-state index contributed by atoms with van der Waals surface area (Å²) in [5.41, 5.74) is 1.89. The minimum atomic E-state index is -0.392. The molecule has 1 heterocycles. The quantitative estimate of drug-likeness (QED) is 0.637. The van der Waals surface area contributed by atoms with E-state index in [0.717, 1.165) is 12.8 Å². The smallest absolute Gasteiger partial charge is 0.254 e. The molecule has 0 fully saturated rings. The van der Waals surface area contributed by atoms with E-state index in [0.29, 0.717) is 12.1 Å². The summed E-state index contributed by atoms with van der Waals surface area (Å²) >= 11 is 0. The van der Waals surface area contributed by atoms with E-state index in [2.05, 4.69) is 32.7 Å². The summed E-state index contributed by atoms with van der Waals surface area (Å²) in [6.07, 6.45) is 4.60. The highest BCUT2D eigenvalue weighted by Crippen LogP contribution is 2.16. The van der Waals surface area contributed by atoms with Crippen LogP contribution in [0.4, 0.5) is 16.0 Å². The van der Waals surface area contributed by atoms with Crippen LogP contribution < -0.4 is 10.6 Å². The van der Waals surface area contributed by atoms with Crippen molar-refractivity contribution < 1.29 is 9.18 Å². The lowest BCUT2D eigenvalue weighted by Crippen LogP contribution is -2.25. The molecule has 2 N–H and O–H groups in total. The molecule has 3 aromatic rings. The first-order chi connectivity index (χ1) is 12.7. The molecule has 0 atom stereocenters. The molecule has 0 spiro atoms. The number of nitrogens with zero attached hydrogens (tertiary/aromatic N) is 2. The van der Waals surface area contributed by atoms with Gasteiger partial charge in [-0.1, -0.05) is 42.5 Å². The number of anilines is 2. The Balaban J connectivity index is 1.48. The second kappa shape index (κ2) is 8.71. The van der Waals surface area contributed by atoms with Crippen LogP contribution in [-0.2, 0) is 6.42 Å². The molecule has 0 aliphatic carbocycles. The predicted molar refractivity (Wildman–Crippen MR) is 98.8 cm³/mol. The molecule has 6 heteroatoms. The SMILES string of the molecule is O=C(NCCCc1ccccc1)c1cnc(Nc2ccccc2F)nc1. The highest BCUT2D eigenvalue weighted by molar-refractivity contribution is 5.93. The van der Waals surface area contributed by atoms with Gasteiger partial charge in [0.1, 0.15) is 5.82 Å². The van der Waals surface area contributed by atoms with E-state index in [1.165, 1.54) is 24.0 Å². The van der Waals surface area contributed by atoms with Crippen molar-refractivity contribution in [1.82, 2.24) is 15.3 Å². The number of carbonyl (C=O) groups is 1. The monoisotopic (exact) mass is 350 g/mol. The van der Waals surface area contributed by atoms with E-state index in [1.807, 2.05) is 18.2 Å². The van der Waals surface area contributed by atoms with Crippen molar-refractivity contribution in [2.75, 3.05) is 11.9 Å². The van der Waals surface area contributed by atoms with Crippen molar-refractivity contribution in [3.63, 3.8) is 0 Å². The Bertz CT molecular complexity index is 853. The Morgan fingerprint density at radius 2 is 1.65 bits per heavy atom. The van der Waals surface area contributed by atoms with Gasteiger partial charge >= 0.3 is 0 Å². The molecule has 26 heavy (non-hydrogen) atoms. The maximum atomic E-state index is 13.6. The molecule has 2 aromatic carbocycles. The molecule has 0 aliphatic heterocycles. The van der Waals surface area contributed by atoms with Crippen molar-refractivity contribution in [3.8, 4) is 0 Å². The second-order valence-electron chi connectivity index (χ2n) is 5.75. The fourth-order valence-electron chi connectivity index (χ4n) is 2.43. The van der Waals surface area contributed by atoms with Gasteiger partial charge in [-0.25, -0.2) is 14.4 Å². The zero-order valence-electron chi connectivity index (χ0n) is 14.2. The Morgan fingerprint density at radius 1 is 0.962 bits per heavy atom. The summed E-state index contributed by atoms with van der Waals surface area (Å²) in [5, 5.41) is 5.63. The van der Waals surface area contributed by atoms with Gasteiger partial charge in [-0.2, -0.15) is 0 Å². The summed E-state index contributed by atoms with van der Waals surface area (Å²) in [4.78, 5) is 20.2. The third-order valence-corrected chi connectivity index (χ3v) is 3.80. The minimum Gasteiger partial charge on any atom is -0.352 e. The van der Waals surface area contributed by atoms with E-state index in [1.54, 1.807) is 18.2 Å². The van der Waals surface area contributed by atoms with E-state index in [4.69, 9.17) is 0 Å². The highest BCUT2D eigenvalue weighted by Gasteiger charge is 2.08. The number of benzene rings is 2. The molecule has 0 saturated heterocycles. The van der Waals surface area contributed by atoms with Crippen LogP contribution in [0.1, 0.15) is 22.3 Å². The lowest BCUT2D eigenvalue weighted by molar-refractivity contribution is 0.0952. The molecule has 0 saturated carbocycles. The first-order valence-corrected chi connectivity index (χ1v) is 8.38. The average molecular weight is 350 g/mol. The molecule has 0 bridgehead atoms. The van der Waals surface area contributed by atoms with E-state index in [-0.39, 0.29) is 17.5 Å². The Labute approximate surface area is 151 Å². The number of hydrogen-bond acceptors (Lipinski definition) is 4. The number of halogens is 1. The Hall–Kier alpha value is -3.28. The van der Waals surface area contributed by atoms with Crippen LogP contribution in [0.3, 0.4) is 0 Å². The molecule has 5 nitrogen and oxygen atoms in total. The molecule has 1 amide bonds. The fraction of sp³-hybridized carbons (Fsp3) is 0.150. The van der Waals surface area contributed by atoms with E-state index in [9.17, 15) is 9.18 Å². The van der Waals surface area contributed by atoms with Gasteiger partial charge in [-0.3, -0.25) is 4.79 Å². The Morgan fingerprint density at radius 3 is 2.38 bits per heavy atom. The number of aromatic nitrogens is 2. The number of hydrogen-bond donors (Lipinski definition) is 2. The van der Waals surface area contributed by atoms with Crippen LogP contribution in [0.5, 0.6) is 0 Å². The maximum absolute atomic E-state index is 13.6. The number of rotatable bonds is 7. The van der Waals surface area contributed by atoms with E-state index >= 15 is 0 Å². The number of para-hydroxylation sites is 1. The van der Waals surface area contributed by atoms with Gasteiger partial charge in [0.05, 0.1) is 11.3 Å². The number of amides is 1. The third-order valence-electron chi connectivity index (χ3n) is 3.80. The van der Waals surface area contributed by atoms with E-state index < -0.39 is 5.82 Å². The van der Waals surface area contributed by atoms with Gasteiger partial charge in [-0.15, -0.1) is 0 Å². The van der Waals surface area contributed by atoms with Crippen molar-refractivity contribution in [1.29, 1.82) is 0 Å². The van der Waals surface area contributed by atoms with Gasteiger partial charge in [-0.05, 0) is 30.5 Å². The van der Waals surface area contributed by atoms with Crippen molar-refractivity contribution in [3.05, 3.63) is 83.9 Å². The second-order valence-corrected chi connectivity index (χ2v) is 5.75. The minimum absolute atomic E-state index is 0.226. The van der Waals surface area contributed by atoms with Crippen LogP contribution in [0, 0.1) is 5.82 Å². The molecule has 3 rings (SSSR count). The van der Waals surface area contributed by atoms with Crippen molar-refractivity contribution >= 4 is 17.5 Å². The third kappa shape index (κ3) is 4.86. The summed E-state index contributed by atoms with van der Waals surface area (Å²) in [5.74, 6) is -0.387. The largest absolute Gasteiger partial charge is 0.352 e. The molecular formula is C20H19FN4O. The molecule has 1 aromatic heterocycles. The van der Waals surface area contributed by atoms with Crippen LogP contribution >= 0.6 is 0 Å². The lowest BCUT2D eigenvalue weighted by atomic mass is 10.1. The first kappa shape index (κ1) is 17.5. The number of nitrogens with one attached hydrogen (secondary N) is 2. The maximum Gasteiger partial charge on any atom is 0.254 e. The average Bonchev–Trinajstić information content (AvgIpc) is 2.68. The zero-order chi connectivity index (χ0) is 18.2. The molecule has 0 aliphatic rings. The van der Waals surface area contributed by atoms with Crippen LogP contribution in [0.2, 0.25) is 0 Å². The molecular weight excluding hydrogens is 331 g/mol. The highest BCUT2D eigenvalue weighted by atomic mass is 19.1. The van der Waals surface area contributed by atoms with Gasteiger partial charge < -0.3 is 10.6 Å². The predicted octanol–water partition coefficient (Wildman–Crippen LogP) is 3.72. The summed E-state index contributed by atoms with van der Waals surface area (Å²) in [6, 6.07) is 16.4. The summed E-state index contributed by atoms with van der Waals surface area (Å²) in [6.45, 7) is 0.572. The van der Waals surface area contributed by atoms with Crippen LogP contribution in [0.15, 0.2) is 67.0 Å². The van der Waals surface area contributed by atoms with Crippen LogP contribution in [0.25, 0.3) is 0 Å². The molecule has 132 valence electrons. The van der Waals surface area contributed by atoms with Gasteiger partial charge in [0.25, 0.3) is 5.91 Å². The van der Waals surface area contributed by atoms with Crippen molar-refractivity contribution in [2.24, 2.45) is 0 Å². The van der Waals surface area contributed by atoms with Crippen molar-refractivity contribution in [2.45, 2.75) is 12.8 Å². The zero-order valence-corrected chi connectivity index (χ0v) is 14.2. The summed E-state index contributed by atoms with van der Waals surface area (Å²) < 4.78 is 13.6. The van der Waals surface area contributed by atoms with Crippen LogP contribution in [-0.4, -0.2) is 22.4 Å². The van der Waals surface area contributed by atoms with Gasteiger partial charge in [0.15, 0.2) is 0 Å². The first-order valence-electron chi connectivity index (χ1n) is 8.38. The summed E-state index contributed by atoms with van der Waals surface area (Å²) in [7, 11) is 0. The number of aryl methyl sites for hydroxylation is 1. The standard InChI is InChI=1S/C20H19FN4O/c21-17-10-4-5-11-18(17)25-20-23-13-16(14-24-20)19(26)22-12-6-9-15-7-2-1-3-8-15/h1-5,7-8,10-11,13-14H,6,9,12H2,(H,22,26)(H,23,24,25).